The molecule has 5 aromatic rings. The number of hydrogen-bond donors (Lipinski definition) is 0. The highest BCUT2D eigenvalue weighted by atomic mass is 32.2. The summed E-state index contributed by atoms with van der Waals surface area (Å²) in [5, 5.41) is 11.8. The maximum atomic E-state index is 14.9. The highest BCUT2D eigenvalue weighted by molar-refractivity contribution is 7.98. The second kappa shape index (κ2) is 12.1. The van der Waals surface area contributed by atoms with E-state index in [1.165, 1.54) is 29.2 Å². The summed E-state index contributed by atoms with van der Waals surface area (Å²) in [4.78, 5) is 26.0. The zero-order valence-corrected chi connectivity index (χ0v) is 23.8. The van der Waals surface area contributed by atoms with Crippen LogP contribution in [0, 0.1) is 5.82 Å². The smallest absolute Gasteiger partial charge is 0.273 e. The molecule has 1 fully saturated rings. The van der Waals surface area contributed by atoms with Gasteiger partial charge in [-0.25, -0.2) is 9.37 Å². The van der Waals surface area contributed by atoms with Crippen LogP contribution in [0.2, 0.25) is 0 Å². The van der Waals surface area contributed by atoms with Crippen LogP contribution in [0.3, 0.4) is 0 Å². The molecule has 12 heteroatoms. The van der Waals surface area contributed by atoms with E-state index in [1.54, 1.807) is 47.6 Å². The first kappa shape index (κ1) is 26.9. The molecule has 9 nitrogen and oxygen atoms in total. The van der Waals surface area contributed by atoms with E-state index in [9.17, 15) is 9.18 Å². The van der Waals surface area contributed by atoms with Gasteiger partial charge in [-0.3, -0.25) is 14.3 Å². The fourth-order valence-corrected chi connectivity index (χ4v) is 6.36. The van der Waals surface area contributed by atoms with Crippen LogP contribution in [0.25, 0.3) is 17.1 Å². The molecule has 0 aliphatic carbocycles. The number of benzene rings is 2. The van der Waals surface area contributed by atoms with Crippen LogP contribution in [-0.4, -0.2) is 68.8 Å². The number of hydrogen-bond acceptors (Lipinski definition) is 9. The highest BCUT2D eigenvalue weighted by Gasteiger charge is 2.25. The molecule has 0 N–H and O–H groups in total. The van der Waals surface area contributed by atoms with Crippen LogP contribution in [0.5, 0.6) is 5.75 Å². The molecule has 6 rings (SSSR count). The molecule has 2 aromatic carbocycles. The first-order chi connectivity index (χ1) is 20.1. The molecule has 0 saturated carbocycles. The van der Waals surface area contributed by atoms with Gasteiger partial charge >= 0.3 is 0 Å². The minimum Gasteiger partial charge on any atom is -0.497 e. The van der Waals surface area contributed by atoms with Gasteiger partial charge in [-0.1, -0.05) is 23.9 Å². The Morgan fingerprint density at radius 1 is 1.00 bits per heavy atom. The molecule has 0 unspecified atom stereocenters. The Labute approximate surface area is 244 Å². The molecule has 4 heterocycles. The van der Waals surface area contributed by atoms with E-state index in [0.29, 0.717) is 41.2 Å². The first-order valence-electron chi connectivity index (χ1n) is 13.0. The molecule has 0 bridgehead atoms. The van der Waals surface area contributed by atoms with Crippen molar-refractivity contribution < 1.29 is 13.9 Å². The normalized spacial score (nSPS) is 13.4. The van der Waals surface area contributed by atoms with Crippen molar-refractivity contribution in [1.82, 2.24) is 29.6 Å². The number of carbonyl (C=O) groups is 1. The molecular weight excluding hydrogens is 561 g/mol. The maximum Gasteiger partial charge on any atom is 0.273 e. The summed E-state index contributed by atoms with van der Waals surface area (Å²) in [5.74, 6) is 1.36. The highest BCUT2D eigenvalue weighted by Crippen LogP contribution is 2.31. The summed E-state index contributed by atoms with van der Waals surface area (Å²) in [6, 6.07) is 18.1. The van der Waals surface area contributed by atoms with Crippen LogP contribution < -0.4 is 9.64 Å². The van der Waals surface area contributed by atoms with Crippen LogP contribution >= 0.6 is 23.1 Å². The zero-order chi connectivity index (χ0) is 28.2. The average molecular weight is 588 g/mol. The number of aromatic nitrogens is 5. The van der Waals surface area contributed by atoms with Gasteiger partial charge in [-0.2, -0.15) is 0 Å². The number of methoxy groups -OCH3 is 1. The minimum absolute atomic E-state index is 0.0682. The summed E-state index contributed by atoms with van der Waals surface area (Å²) < 4.78 is 21.8. The van der Waals surface area contributed by atoms with E-state index < -0.39 is 0 Å². The number of ether oxygens (including phenoxy) is 1. The Bertz CT molecular complexity index is 1630. The Morgan fingerprint density at radius 3 is 2.49 bits per heavy atom. The second-order valence-corrected chi connectivity index (χ2v) is 11.1. The predicted octanol–water partition coefficient (Wildman–Crippen LogP) is 5.19. The van der Waals surface area contributed by atoms with Gasteiger partial charge in [-0.15, -0.1) is 21.5 Å². The predicted molar refractivity (Wildman–Crippen MR) is 157 cm³/mol. The fraction of sp³-hybridized carbons (Fsp3) is 0.207. The maximum absolute atomic E-state index is 14.9. The summed E-state index contributed by atoms with van der Waals surface area (Å²) in [6.45, 7) is 2.73. The number of carbonyl (C=O) groups excluding carboxylic acids is 1. The summed E-state index contributed by atoms with van der Waals surface area (Å²) in [5.41, 5.74) is 2.69. The van der Waals surface area contributed by atoms with Crippen LogP contribution in [0.1, 0.15) is 15.5 Å². The van der Waals surface area contributed by atoms with Gasteiger partial charge in [0.05, 0.1) is 18.6 Å². The first-order valence-corrected chi connectivity index (χ1v) is 14.8. The van der Waals surface area contributed by atoms with Crippen molar-refractivity contribution in [3.05, 3.63) is 95.0 Å². The van der Waals surface area contributed by atoms with Crippen molar-refractivity contribution in [2.45, 2.75) is 10.9 Å². The second-order valence-electron chi connectivity index (χ2n) is 9.22. The molecule has 1 saturated heterocycles. The van der Waals surface area contributed by atoms with E-state index >= 15 is 0 Å². The van der Waals surface area contributed by atoms with Crippen molar-refractivity contribution in [2.24, 2.45) is 0 Å². The third-order valence-electron chi connectivity index (χ3n) is 6.77. The Morgan fingerprint density at radius 2 is 1.76 bits per heavy atom. The number of piperazine rings is 1. The minimum atomic E-state index is -0.376. The molecule has 208 valence electrons. The molecule has 0 atom stereocenters. The van der Waals surface area contributed by atoms with Crippen molar-refractivity contribution in [1.29, 1.82) is 0 Å². The Balaban J connectivity index is 1.13. The number of nitrogens with zero attached hydrogens (tertiary/aromatic N) is 7. The lowest BCUT2D eigenvalue weighted by Crippen LogP contribution is -2.48. The van der Waals surface area contributed by atoms with Gasteiger partial charge in [0.25, 0.3) is 5.91 Å². The third kappa shape index (κ3) is 5.79. The molecule has 3 aromatic heterocycles. The van der Waals surface area contributed by atoms with Gasteiger partial charge in [0, 0.05) is 55.2 Å². The number of amides is 1. The fourth-order valence-electron chi connectivity index (χ4n) is 4.63. The molecule has 1 aliphatic heterocycles. The topological polar surface area (TPSA) is 89.3 Å². The lowest BCUT2D eigenvalue weighted by molar-refractivity contribution is 0.0741. The lowest BCUT2D eigenvalue weighted by atomic mass is 10.2. The molecule has 0 spiro atoms. The number of halogens is 1. The van der Waals surface area contributed by atoms with Gasteiger partial charge in [0.2, 0.25) is 0 Å². The van der Waals surface area contributed by atoms with E-state index in [1.807, 2.05) is 41.3 Å². The summed E-state index contributed by atoms with van der Waals surface area (Å²) >= 11 is 2.82. The monoisotopic (exact) mass is 587 g/mol. The average Bonchev–Trinajstić information content (AvgIpc) is 3.68. The van der Waals surface area contributed by atoms with Gasteiger partial charge in [0.15, 0.2) is 11.0 Å². The van der Waals surface area contributed by atoms with Gasteiger partial charge < -0.3 is 14.5 Å². The molecule has 1 amide bonds. The van der Waals surface area contributed by atoms with Crippen LogP contribution in [-0.2, 0) is 5.75 Å². The number of anilines is 1. The number of rotatable bonds is 8. The molecule has 41 heavy (non-hydrogen) atoms. The van der Waals surface area contributed by atoms with Gasteiger partial charge in [0.1, 0.15) is 22.3 Å². The standard InChI is InChI=1S/C29H26FN7O2S2/c1-39-22-8-6-21(7-9-22)35-14-16-36(17-15-35)28(38)24-18-40-26(32-24)19-41-29-34-33-27(20-10-12-31-13-11-20)37(29)25-5-3-2-4-23(25)30/h2-13,18H,14-17,19H2,1H3. The number of pyridine rings is 1. The van der Waals surface area contributed by atoms with E-state index in [2.05, 4.69) is 25.1 Å². The zero-order valence-electron chi connectivity index (χ0n) is 22.2. The van der Waals surface area contributed by atoms with Gasteiger partial charge in [-0.05, 0) is 48.5 Å². The van der Waals surface area contributed by atoms with E-state index in [-0.39, 0.29) is 11.7 Å². The molecule has 1 aliphatic rings. The molecule has 0 radical (unpaired) electrons. The van der Waals surface area contributed by atoms with Crippen LogP contribution in [0.4, 0.5) is 10.1 Å². The number of thiazole rings is 1. The largest absolute Gasteiger partial charge is 0.497 e. The van der Waals surface area contributed by atoms with Crippen molar-refractivity contribution in [2.75, 3.05) is 38.2 Å². The quantitative estimate of drug-likeness (QED) is 0.229. The summed E-state index contributed by atoms with van der Waals surface area (Å²) in [6.07, 6.45) is 3.32. The number of para-hydroxylation sites is 1. The van der Waals surface area contributed by atoms with Crippen molar-refractivity contribution in [3.63, 3.8) is 0 Å². The summed E-state index contributed by atoms with van der Waals surface area (Å²) in [7, 11) is 1.65. The molecular formula is C29H26FN7O2S2. The Kier molecular flexibility index (Phi) is 7.92. The van der Waals surface area contributed by atoms with E-state index in [4.69, 9.17) is 4.74 Å². The number of thioether (sulfide) groups is 1. The van der Waals surface area contributed by atoms with Crippen molar-refractivity contribution >= 4 is 34.7 Å². The third-order valence-corrected chi connectivity index (χ3v) is 8.74. The Hall–Kier alpha value is -4.29. The SMILES string of the molecule is COc1ccc(N2CCN(C(=O)c3csc(CSc4nnc(-c5ccncc5)n4-c4ccccc4F)n3)CC2)cc1. The van der Waals surface area contributed by atoms with E-state index in [0.717, 1.165) is 35.1 Å². The lowest BCUT2D eigenvalue weighted by Gasteiger charge is -2.35. The van der Waals surface area contributed by atoms with Crippen LogP contribution in [0.15, 0.2) is 83.6 Å². The van der Waals surface area contributed by atoms with Crippen molar-refractivity contribution in [3.8, 4) is 22.8 Å².